The van der Waals surface area contributed by atoms with Crippen LogP contribution in [0.1, 0.15) is 29.8 Å². The van der Waals surface area contributed by atoms with E-state index in [-0.39, 0.29) is 17.4 Å². The summed E-state index contributed by atoms with van der Waals surface area (Å²) in [5.41, 5.74) is 3.02. The molecule has 0 saturated carbocycles. The fraction of sp³-hybridized carbons (Fsp3) is 0.167. The summed E-state index contributed by atoms with van der Waals surface area (Å²) in [6, 6.07) is 22.5. The summed E-state index contributed by atoms with van der Waals surface area (Å²) in [5.74, 6) is 0.254. The zero-order valence-corrected chi connectivity index (χ0v) is 17.3. The van der Waals surface area contributed by atoms with Gasteiger partial charge in [-0.15, -0.1) is 0 Å². The number of para-hydroxylation sites is 1. The SMILES string of the molecule is CC(c1ccccc1)N(Cc1cc(=O)n2cc(Cl)ccc2n1)Cc1ccccc1O. The van der Waals surface area contributed by atoms with E-state index in [0.717, 1.165) is 11.1 Å². The predicted octanol–water partition coefficient (Wildman–Crippen LogP) is 4.82. The molecule has 0 fully saturated rings. The van der Waals surface area contributed by atoms with Gasteiger partial charge in [0, 0.05) is 37.0 Å². The van der Waals surface area contributed by atoms with Crippen LogP contribution in [0.4, 0.5) is 0 Å². The molecule has 152 valence electrons. The molecule has 0 radical (unpaired) electrons. The van der Waals surface area contributed by atoms with Gasteiger partial charge in [0.25, 0.3) is 5.56 Å². The first-order valence-electron chi connectivity index (χ1n) is 9.75. The van der Waals surface area contributed by atoms with Crippen LogP contribution >= 0.6 is 11.6 Å². The van der Waals surface area contributed by atoms with E-state index in [1.54, 1.807) is 36.5 Å². The smallest absolute Gasteiger partial charge is 0.258 e. The minimum Gasteiger partial charge on any atom is -0.508 e. The Labute approximate surface area is 179 Å². The van der Waals surface area contributed by atoms with Crippen LogP contribution in [0.15, 0.2) is 83.8 Å². The second-order valence-corrected chi connectivity index (χ2v) is 7.72. The van der Waals surface area contributed by atoms with E-state index in [2.05, 4.69) is 28.9 Å². The lowest BCUT2D eigenvalue weighted by molar-refractivity contribution is 0.187. The first-order valence-corrected chi connectivity index (χ1v) is 10.1. The molecule has 1 N–H and O–H groups in total. The Morgan fingerprint density at radius 1 is 1.03 bits per heavy atom. The summed E-state index contributed by atoms with van der Waals surface area (Å²) < 4.78 is 1.44. The van der Waals surface area contributed by atoms with Crippen molar-refractivity contribution in [2.75, 3.05) is 0 Å². The van der Waals surface area contributed by atoms with E-state index in [4.69, 9.17) is 11.6 Å². The molecule has 0 bridgehead atoms. The maximum Gasteiger partial charge on any atom is 0.258 e. The predicted molar refractivity (Wildman–Crippen MR) is 119 cm³/mol. The van der Waals surface area contributed by atoms with Gasteiger partial charge in [0.05, 0.1) is 10.7 Å². The Balaban J connectivity index is 1.70. The zero-order chi connectivity index (χ0) is 21.1. The van der Waals surface area contributed by atoms with Crippen LogP contribution in [-0.4, -0.2) is 19.4 Å². The van der Waals surface area contributed by atoms with E-state index in [0.29, 0.717) is 29.5 Å². The van der Waals surface area contributed by atoms with Gasteiger partial charge in [0.15, 0.2) is 0 Å². The molecule has 0 amide bonds. The molecule has 0 aliphatic rings. The normalized spacial score (nSPS) is 12.4. The summed E-state index contributed by atoms with van der Waals surface area (Å²) in [7, 11) is 0. The Kier molecular flexibility index (Phi) is 5.84. The molecule has 5 nitrogen and oxygen atoms in total. The maximum absolute atomic E-state index is 12.6. The molecule has 0 spiro atoms. The number of phenols is 1. The van der Waals surface area contributed by atoms with E-state index in [1.807, 2.05) is 30.3 Å². The topological polar surface area (TPSA) is 57.8 Å². The number of halogens is 1. The third kappa shape index (κ3) is 4.37. The molecular weight excluding hydrogens is 398 g/mol. The van der Waals surface area contributed by atoms with Crippen molar-refractivity contribution in [3.05, 3.63) is 111 Å². The molecule has 2 aromatic heterocycles. The number of fused-ring (bicyclic) bond motifs is 1. The molecule has 2 aromatic carbocycles. The fourth-order valence-electron chi connectivity index (χ4n) is 3.55. The van der Waals surface area contributed by atoms with Gasteiger partial charge in [0.1, 0.15) is 11.4 Å². The third-order valence-corrected chi connectivity index (χ3v) is 5.46. The molecule has 2 heterocycles. The minimum absolute atomic E-state index is 0.0521. The Hall–Kier alpha value is -3.15. The molecule has 30 heavy (non-hydrogen) atoms. The number of pyridine rings is 1. The molecular formula is C24H22ClN3O2. The first kappa shape index (κ1) is 20.1. The fourth-order valence-corrected chi connectivity index (χ4v) is 3.71. The van der Waals surface area contributed by atoms with Crippen molar-refractivity contribution in [1.82, 2.24) is 14.3 Å². The number of rotatable bonds is 6. The molecule has 6 heteroatoms. The number of benzene rings is 2. The second-order valence-electron chi connectivity index (χ2n) is 7.28. The summed E-state index contributed by atoms with van der Waals surface area (Å²) in [6.45, 7) is 3.09. The summed E-state index contributed by atoms with van der Waals surface area (Å²) in [6.07, 6.45) is 1.57. The van der Waals surface area contributed by atoms with Crippen LogP contribution in [-0.2, 0) is 13.1 Å². The van der Waals surface area contributed by atoms with Crippen LogP contribution in [0.2, 0.25) is 5.02 Å². The lowest BCUT2D eigenvalue weighted by atomic mass is 10.1. The van der Waals surface area contributed by atoms with E-state index in [1.165, 1.54) is 4.40 Å². The van der Waals surface area contributed by atoms with Crippen molar-refractivity contribution in [2.45, 2.75) is 26.1 Å². The Bertz CT molecular complexity index is 1220. The van der Waals surface area contributed by atoms with Crippen molar-refractivity contribution in [3.8, 4) is 5.75 Å². The van der Waals surface area contributed by atoms with Gasteiger partial charge in [-0.25, -0.2) is 4.98 Å². The summed E-state index contributed by atoms with van der Waals surface area (Å²) in [5, 5.41) is 10.8. The van der Waals surface area contributed by atoms with Crippen LogP contribution in [0.3, 0.4) is 0 Å². The van der Waals surface area contributed by atoms with Crippen LogP contribution in [0.5, 0.6) is 5.75 Å². The summed E-state index contributed by atoms with van der Waals surface area (Å²) in [4.78, 5) is 19.4. The molecule has 0 aliphatic carbocycles. The maximum atomic E-state index is 12.6. The van der Waals surface area contributed by atoms with Crippen LogP contribution in [0, 0.1) is 0 Å². The third-order valence-electron chi connectivity index (χ3n) is 5.24. The number of aromatic hydroxyl groups is 1. The quantitative estimate of drug-likeness (QED) is 0.487. The monoisotopic (exact) mass is 419 g/mol. The van der Waals surface area contributed by atoms with Crippen molar-refractivity contribution in [3.63, 3.8) is 0 Å². The highest BCUT2D eigenvalue weighted by Gasteiger charge is 2.19. The van der Waals surface area contributed by atoms with Gasteiger partial charge < -0.3 is 5.11 Å². The molecule has 1 atom stereocenters. The van der Waals surface area contributed by atoms with Crippen LogP contribution in [0.25, 0.3) is 5.65 Å². The van der Waals surface area contributed by atoms with Crippen LogP contribution < -0.4 is 5.56 Å². The van der Waals surface area contributed by atoms with Crippen molar-refractivity contribution < 1.29 is 5.11 Å². The molecule has 0 aliphatic heterocycles. The average molecular weight is 420 g/mol. The summed E-state index contributed by atoms with van der Waals surface area (Å²) >= 11 is 6.01. The number of phenolic OH excluding ortho intramolecular Hbond substituents is 1. The van der Waals surface area contributed by atoms with Crippen molar-refractivity contribution >= 4 is 17.2 Å². The lowest BCUT2D eigenvalue weighted by Crippen LogP contribution is -2.28. The first-order chi connectivity index (χ1) is 14.5. The highest BCUT2D eigenvalue weighted by molar-refractivity contribution is 6.30. The standard InChI is InChI=1S/C24H22ClN3O2/c1-17(18-7-3-2-4-8-18)27(14-19-9-5-6-10-22(19)29)16-21-13-24(30)28-15-20(25)11-12-23(28)26-21/h2-13,15,17,29H,14,16H2,1H3. The molecule has 1 unspecified atom stereocenters. The highest BCUT2D eigenvalue weighted by atomic mass is 35.5. The van der Waals surface area contributed by atoms with E-state index < -0.39 is 0 Å². The highest BCUT2D eigenvalue weighted by Crippen LogP contribution is 2.27. The van der Waals surface area contributed by atoms with Crippen molar-refractivity contribution in [1.29, 1.82) is 0 Å². The molecule has 4 aromatic rings. The average Bonchev–Trinajstić information content (AvgIpc) is 2.75. The Morgan fingerprint density at radius 3 is 2.53 bits per heavy atom. The number of hydrogen-bond acceptors (Lipinski definition) is 4. The van der Waals surface area contributed by atoms with Gasteiger partial charge in [-0.2, -0.15) is 0 Å². The minimum atomic E-state index is -0.174. The van der Waals surface area contributed by atoms with Gasteiger partial charge in [0.2, 0.25) is 0 Å². The van der Waals surface area contributed by atoms with E-state index >= 15 is 0 Å². The van der Waals surface area contributed by atoms with Gasteiger partial charge in [-0.3, -0.25) is 14.1 Å². The lowest BCUT2D eigenvalue weighted by Gasteiger charge is -2.29. The second kappa shape index (κ2) is 8.69. The van der Waals surface area contributed by atoms with Crippen molar-refractivity contribution in [2.24, 2.45) is 0 Å². The van der Waals surface area contributed by atoms with Gasteiger partial charge >= 0.3 is 0 Å². The van der Waals surface area contributed by atoms with E-state index in [9.17, 15) is 9.90 Å². The van der Waals surface area contributed by atoms with Gasteiger partial charge in [-0.05, 0) is 30.7 Å². The number of aromatic nitrogens is 2. The Morgan fingerprint density at radius 2 is 1.77 bits per heavy atom. The largest absolute Gasteiger partial charge is 0.508 e. The number of hydrogen-bond donors (Lipinski definition) is 1. The molecule has 0 saturated heterocycles. The number of nitrogens with zero attached hydrogens (tertiary/aromatic N) is 3. The zero-order valence-electron chi connectivity index (χ0n) is 16.6. The molecule has 4 rings (SSSR count). The van der Waals surface area contributed by atoms with Gasteiger partial charge in [-0.1, -0.05) is 60.1 Å².